The Hall–Kier alpha value is -6.09. The van der Waals surface area contributed by atoms with Crippen LogP contribution >= 0.6 is 11.6 Å². The standard InChI is InChI=1S/C31H20ClN5O10/c1-47-15-6-14(38)19-20(24(15)40)26(42)22-21(25(19)41)28(44)31(29(22)45)3-2-11-4-12-5-13(35-30(46)18(12)27(43)23(11)31)7-34-36-17(39)9-37-10-33-8-16(37)32/h4-8,10,43-45H,2-3,9H2,1H3,(H,35,46)(H,36,39)/t31-/m0/s1. The van der Waals surface area contributed by atoms with Crippen molar-refractivity contribution in [3.05, 3.63) is 125 Å². The van der Waals surface area contributed by atoms with Crippen molar-refractivity contribution in [3.8, 4) is 11.5 Å². The van der Waals surface area contributed by atoms with E-state index in [1.165, 1.54) is 35.4 Å². The summed E-state index contributed by atoms with van der Waals surface area (Å²) in [5.41, 5.74) is -4.42. The number of amides is 1. The van der Waals surface area contributed by atoms with Gasteiger partial charge in [-0.2, -0.15) is 5.10 Å². The topological polar surface area (TPSA) is 230 Å². The van der Waals surface area contributed by atoms with E-state index in [-0.39, 0.29) is 46.6 Å². The Bertz CT molecular complexity index is 2760. The number of methoxy groups -OCH3 is 1. The average Bonchev–Trinajstić information content (AvgIpc) is 3.68. The number of hydrogen-bond donors (Lipinski definition) is 5. The lowest BCUT2D eigenvalue weighted by Gasteiger charge is -2.27. The second-order valence-corrected chi connectivity index (χ2v) is 11.5. The van der Waals surface area contributed by atoms with Gasteiger partial charge in [0.05, 0.1) is 57.8 Å². The molecule has 0 unspecified atom stereocenters. The van der Waals surface area contributed by atoms with Gasteiger partial charge in [-0.15, -0.1) is 0 Å². The number of aryl methyl sites for hydroxylation is 1. The summed E-state index contributed by atoms with van der Waals surface area (Å²) in [7, 11) is 1.11. The van der Waals surface area contributed by atoms with Gasteiger partial charge in [0.25, 0.3) is 11.5 Å². The molecule has 236 valence electrons. The number of halogens is 1. The molecule has 4 aliphatic carbocycles. The Kier molecular flexibility index (Phi) is 6.44. The van der Waals surface area contributed by atoms with E-state index < -0.39 is 82.5 Å². The number of nitrogens with one attached hydrogen (secondary N) is 2. The fourth-order valence-electron chi connectivity index (χ4n) is 6.62. The number of hydrazone groups is 1. The first-order chi connectivity index (χ1) is 22.4. The number of pyridine rings is 1. The van der Waals surface area contributed by atoms with Gasteiger partial charge >= 0.3 is 0 Å². The van der Waals surface area contributed by atoms with Gasteiger partial charge in [0.1, 0.15) is 34.4 Å². The third-order valence-electron chi connectivity index (χ3n) is 8.64. The zero-order valence-corrected chi connectivity index (χ0v) is 24.8. The number of H-pyrrole nitrogens is 1. The molecule has 7 rings (SSSR count). The summed E-state index contributed by atoms with van der Waals surface area (Å²) >= 11 is 5.91. The lowest BCUT2D eigenvalue weighted by Crippen LogP contribution is -2.51. The monoisotopic (exact) mass is 657 g/mol. The quantitative estimate of drug-likeness (QED) is 0.108. The highest BCUT2D eigenvalue weighted by Crippen LogP contribution is 2.54. The minimum Gasteiger partial charge on any atom is -0.510 e. The lowest BCUT2D eigenvalue weighted by atomic mass is 9.78. The number of aliphatic hydroxyl groups is 2. The molecule has 0 saturated carbocycles. The van der Waals surface area contributed by atoms with E-state index in [0.717, 1.165) is 13.2 Å². The highest BCUT2D eigenvalue weighted by molar-refractivity contribution is 6.29. The fraction of sp³-hybridized carbons (Fsp3) is 0.161. The highest BCUT2D eigenvalue weighted by atomic mass is 35.5. The van der Waals surface area contributed by atoms with Crippen LogP contribution in [0, 0.1) is 10.4 Å². The molecule has 5 N–H and O–H groups in total. The maximum Gasteiger partial charge on any atom is 0.260 e. The maximum atomic E-state index is 13.6. The summed E-state index contributed by atoms with van der Waals surface area (Å²) < 4.78 is 6.27. The maximum absolute atomic E-state index is 13.6. The highest BCUT2D eigenvalue weighted by Gasteiger charge is 2.53. The molecule has 0 saturated heterocycles. The molecule has 3 aromatic rings. The largest absolute Gasteiger partial charge is 0.510 e. The van der Waals surface area contributed by atoms with Gasteiger partial charge in [-0.25, -0.2) is 10.4 Å². The normalized spacial score (nSPS) is 16.9. The second-order valence-electron chi connectivity index (χ2n) is 11.1. The Morgan fingerprint density at radius 3 is 2.43 bits per heavy atom. The van der Waals surface area contributed by atoms with Crippen LogP contribution in [-0.4, -0.2) is 49.1 Å². The van der Waals surface area contributed by atoms with Crippen LogP contribution in [0.3, 0.4) is 0 Å². The number of aromatic hydroxyl groups is 1. The van der Waals surface area contributed by atoms with E-state index in [1.54, 1.807) is 0 Å². The first-order valence-electron chi connectivity index (χ1n) is 13.9. The second kappa shape index (κ2) is 10.2. The molecule has 2 heterocycles. The van der Waals surface area contributed by atoms with Crippen LogP contribution in [-0.2, 0) is 23.2 Å². The van der Waals surface area contributed by atoms with Crippen molar-refractivity contribution in [1.82, 2.24) is 20.0 Å². The molecule has 0 radical (unpaired) electrons. The molecule has 1 amide bonds. The molecule has 1 atom stereocenters. The number of carbonyl (C=O) groups excluding carboxylic acids is 1. The third-order valence-corrected chi connectivity index (χ3v) is 8.96. The third kappa shape index (κ3) is 3.99. The van der Waals surface area contributed by atoms with Gasteiger partial charge in [0.2, 0.25) is 16.3 Å². The number of phenolic OH excluding ortho intramolecular Hbond substituents is 1. The van der Waals surface area contributed by atoms with Crippen LogP contribution in [0.15, 0.2) is 59.8 Å². The van der Waals surface area contributed by atoms with E-state index in [2.05, 4.69) is 20.5 Å². The first-order valence-corrected chi connectivity index (χ1v) is 14.2. The summed E-state index contributed by atoms with van der Waals surface area (Å²) in [6.07, 6.45) is 3.88. The summed E-state index contributed by atoms with van der Waals surface area (Å²) in [6, 6.07) is 3.78. The van der Waals surface area contributed by atoms with Crippen molar-refractivity contribution in [2.24, 2.45) is 5.10 Å². The predicted octanol–water partition coefficient (Wildman–Crippen LogP) is -1.49. The first kappa shape index (κ1) is 29.6. The van der Waals surface area contributed by atoms with Crippen molar-refractivity contribution in [1.29, 1.82) is 0 Å². The van der Waals surface area contributed by atoms with Gasteiger partial charge in [0.15, 0.2) is 11.2 Å². The molecule has 0 aliphatic heterocycles. The number of carbonyl (C=O) groups is 1. The molecule has 1 aromatic carbocycles. The number of hydrogen-bond acceptors (Lipinski definition) is 12. The minimum atomic E-state index is -2.02. The summed E-state index contributed by atoms with van der Waals surface area (Å²) in [4.78, 5) is 84.7. The summed E-state index contributed by atoms with van der Waals surface area (Å²) in [5.74, 6) is -3.22. The van der Waals surface area contributed by atoms with Crippen LogP contribution in [0.25, 0.3) is 22.3 Å². The fourth-order valence-corrected chi connectivity index (χ4v) is 6.78. The molecular weight excluding hydrogens is 638 g/mol. The minimum absolute atomic E-state index is 0.110. The SMILES string of the molecule is COc1cc(=O)c2c(=O)c3c(c(=O)c=2c1=O)=C(O)[C@]1(CCc2cc4cc(C=NNC(=O)Cn5cncc5Cl)[nH]c(=O)c4c(O)c21)C=3O. The predicted molar refractivity (Wildman–Crippen MR) is 166 cm³/mol. The molecule has 0 bridgehead atoms. The number of ether oxygens (including phenoxy) is 1. The van der Waals surface area contributed by atoms with E-state index in [4.69, 9.17) is 16.3 Å². The molecule has 47 heavy (non-hydrogen) atoms. The number of aliphatic hydroxyl groups excluding tert-OH is 2. The van der Waals surface area contributed by atoms with Gasteiger partial charge < -0.3 is 29.6 Å². The molecule has 2 aromatic heterocycles. The molecule has 16 heteroatoms. The van der Waals surface area contributed by atoms with Crippen LogP contribution in [0.2, 0.25) is 5.15 Å². The van der Waals surface area contributed by atoms with Crippen molar-refractivity contribution in [3.63, 3.8) is 0 Å². The van der Waals surface area contributed by atoms with Crippen molar-refractivity contribution < 1.29 is 24.9 Å². The van der Waals surface area contributed by atoms with Crippen LogP contribution in [0.5, 0.6) is 11.5 Å². The lowest BCUT2D eigenvalue weighted by molar-refractivity contribution is -0.121. The molecule has 4 aliphatic rings. The number of fused-ring (bicyclic) bond motifs is 4. The zero-order valence-electron chi connectivity index (χ0n) is 24.0. The number of aromatic amines is 1. The summed E-state index contributed by atoms with van der Waals surface area (Å²) in [6.45, 7) is -0.161. The van der Waals surface area contributed by atoms with Crippen molar-refractivity contribution >= 4 is 46.0 Å². The van der Waals surface area contributed by atoms with Crippen LogP contribution in [0.1, 0.15) is 23.2 Å². The smallest absolute Gasteiger partial charge is 0.260 e. The van der Waals surface area contributed by atoms with Gasteiger partial charge in [-0.3, -0.25) is 28.8 Å². The van der Waals surface area contributed by atoms with Gasteiger partial charge in [-0.05, 0) is 29.9 Å². The molecule has 1 spiro atoms. The van der Waals surface area contributed by atoms with E-state index in [0.29, 0.717) is 5.56 Å². The van der Waals surface area contributed by atoms with Crippen LogP contribution < -0.4 is 47.9 Å². The number of imidazole rings is 1. The Morgan fingerprint density at radius 1 is 1.06 bits per heavy atom. The van der Waals surface area contributed by atoms with Gasteiger partial charge in [0, 0.05) is 11.6 Å². The Labute approximate surface area is 264 Å². The molecule has 15 nitrogen and oxygen atoms in total. The van der Waals surface area contributed by atoms with Crippen molar-refractivity contribution in [2.45, 2.75) is 24.8 Å². The Balaban J connectivity index is 1.37. The number of aromatic nitrogens is 3. The van der Waals surface area contributed by atoms with Gasteiger partial charge in [-0.1, -0.05) is 17.7 Å². The zero-order chi connectivity index (χ0) is 33.5. The van der Waals surface area contributed by atoms with E-state index in [9.17, 15) is 44.1 Å². The Morgan fingerprint density at radius 2 is 1.77 bits per heavy atom. The molecular formula is C31H20ClN5O10. The number of rotatable bonds is 5. The molecule has 0 fully saturated rings. The number of benzene rings is 1. The van der Waals surface area contributed by atoms with E-state index >= 15 is 0 Å². The van der Waals surface area contributed by atoms with Crippen molar-refractivity contribution in [2.75, 3.05) is 7.11 Å². The number of phenols is 1. The average molecular weight is 658 g/mol. The van der Waals surface area contributed by atoms with Crippen LogP contribution in [0.4, 0.5) is 0 Å². The summed E-state index contributed by atoms with van der Waals surface area (Å²) in [5, 5.41) is 35.9. The number of nitrogens with zero attached hydrogens (tertiary/aromatic N) is 3. The van der Waals surface area contributed by atoms with E-state index in [1.807, 2.05) is 0 Å².